The van der Waals surface area contributed by atoms with Crippen LogP contribution in [0, 0.1) is 5.82 Å². The second-order valence-electron chi connectivity index (χ2n) is 4.29. The maximum atomic E-state index is 13.0. The summed E-state index contributed by atoms with van der Waals surface area (Å²) in [5.41, 5.74) is 1.92. The van der Waals surface area contributed by atoms with Gasteiger partial charge in [-0.15, -0.1) is 5.10 Å². The van der Waals surface area contributed by atoms with Crippen LogP contribution in [-0.4, -0.2) is 20.9 Å². The van der Waals surface area contributed by atoms with Crippen molar-refractivity contribution in [3.05, 3.63) is 54.3 Å². The van der Waals surface area contributed by atoms with E-state index in [0.717, 1.165) is 11.0 Å². The highest BCUT2D eigenvalue weighted by atomic mass is 19.1. The van der Waals surface area contributed by atoms with Crippen LogP contribution in [0.3, 0.4) is 0 Å². The smallest absolute Gasteiger partial charge is 0.246 e. The average Bonchev–Trinajstić information content (AvgIpc) is 2.82. The number of nitrogens with one attached hydrogen (secondary N) is 1. The Kier molecular flexibility index (Phi) is 3.12. The van der Waals surface area contributed by atoms with E-state index in [2.05, 4.69) is 15.6 Å². The maximum absolute atomic E-state index is 13.0. The molecule has 0 fully saturated rings. The van der Waals surface area contributed by atoms with Gasteiger partial charge in [0.2, 0.25) is 5.91 Å². The molecule has 0 unspecified atom stereocenters. The molecule has 100 valence electrons. The van der Waals surface area contributed by atoms with Gasteiger partial charge in [-0.3, -0.25) is 4.79 Å². The summed E-state index contributed by atoms with van der Waals surface area (Å²) in [6.07, 6.45) is 0. The molecule has 0 aliphatic rings. The summed E-state index contributed by atoms with van der Waals surface area (Å²) in [6, 6.07) is 13.1. The number of para-hydroxylation sites is 1. The van der Waals surface area contributed by atoms with E-state index in [1.54, 1.807) is 6.07 Å². The van der Waals surface area contributed by atoms with Crippen molar-refractivity contribution in [3.63, 3.8) is 0 Å². The first-order valence-electron chi connectivity index (χ1n) is 6.06. The normalized spacial score (nSPS) is 10.7. The Morgan fingerprint density at radius 1 is 1.20 bits per heavy atom. The van der Waals surface area contributed by atoms with E-state index in [0.29, 0.717) is 5.69 Å². The van der Waals surface area contributed by atoms with Crippen molar-refractivity contribution in [1.82, 2.24) is 15.0 Å². The predicted molar refractivity (Wildman–Crippen MR) is 72.6 cm³/mol. The molecule has 1 heterocycles. The summed E-state index contributed by atoms with van der Waals surface area (Å²) >= 11 is 0. The minimum Gasteiger partial charge on any atom is -0.324 e. The number of halogens is 1. The first-order chi connectivity index (χ1) is 9.72. The van der Waals surface area contributed by atoms with Crippen LogP contribution in [0.15, 0.2) is 48.5 Å². The molecule has 0 saturated heterocycles. The molecule has 1 amide bonds. The quantitative estimate of drug-likeness (QED) is 0.793. The fourth-order valence-corrected chi connectivity index (χ4v) is 1.94. The summed E-state index contributed by atoms with van der Waals surface area (Å²) in [6.45, 7) is 0.0248. The molecule has 20 heavy (non-hydrogen) atoms. The second-order valence-corrected chi connectivity index (χ2v) is 4.29. The third-order valence-corrected chi connectivity index (χ3v) is 2.82. The lowest BCUT2D eigenvalue weighted by Gasteiger charge is -2.05. The first-order valence-corrected chi connectivity index (χ1v) is 6.06. The van der Waals surface area contributed by atoms with Gasteiger partial charge in [0.1, 0.15) is 17.9 Å². The Bertz CT molecular complexity index is 768. The molecule has 0 bridgehead atoms. The molecule has 0 atom stereocenters. The molecular formula is C14H11FN4O. The molecule has 5 nitrogen and oxygen atoms in total. The van der Waals surface area contributed by atoms with Gasteiger partial charge >= 0.3 is 0 Å². The van der Waals surface area contributed by atoms with Crippen molar-refractivity contribution in [2.24, 2.45) is 0 Å². The number of benzene rings is 2. The summed E-state index contributed by atoms with van der Waals surface area (Å²) < 4.78 is 14.5. The molecule has 3 aromatic rings. The molecule has 1 aromatic heterocycles. The zero-order chi connectivity index (χ0) is 13.9. The van der Waals surface area contributed by atoms with Gasteiger partial charge in [-0.25, -0.2) is 9.07 Å². The minimum absolute atomic E-state index is 0.0248. The monoisotopic (exact) mass is 270 g/mol. The largest absolute Gasteiger partial charge is 0.324 e. The number of carbonyl (C=O) groups is 1. The van der Waals surface area contributed by atoms with Gasteiger partial charge in [-0.05, 0) is 30.3 Å². The van der Waals surface area contributed by atoms with Gasteiger partial charge in [0.15, 0.2) is 0 Å². The van der Waals surface area contributed by atoms with Crippen molar-refractivity contribution in [1.29, 1.82) is 0 Å². The molecule has 2 aromatic carbocycles. The summed E-state index contributed by atoms with van der Waals surface area (Å²) in [5, 5.41) is 10.5. The van der Waals surface area contributed by atoms with E-state index < -0.39 is 5.82 Å². The number of nitrogens with zero attached hydrogens (tertiary/aromatic N) is 3. The Balaban J connectivity index is 1.76. The number of hydrogen-bond donors (Lipinski definition) is 1. The van der Waals surface area contributed by atoms with Gasteiger partial charge in [-0.1, -0.05) is 23.4 Å². The minimum atomic E-state index is -0.394. The number of anilines is 1. The number of aromatic nitrogens is 3. The van der Waals surface area contributed by atoms with Gasteiger partial charge in [0.25, 0.3) is 0 Å². The van der Waals surface area contributed by atoms with Gasteiger partial charge in [-0.2, -0.15) is 0 Å². The lowest BCUT2D eigenvalue weighted by atomic mass is 10.3. The Morgan fingerprint density at radius 3 is 2.90 bits per heavy atom. The van der Waals surface area contributed by atoms with Crippen molar-refractivity contribution < 1.29 is 9.18 Å². The van der Waals surface area contributed by atoms with E-state index in [9.17, 15) is 9.18 Å². The molecule has 0 aliphatic carbocycles. The lowest BCUT2D eigenvalue weighted by molar-refractivity contribution is -0.116. The fraction of sp³-hybridized carbons (Fsp3) is 0.0714. The number of amides is 1. The van der Waals surface area contributed by atoms with Gasteiger partial charge < -0.3 is 5.32 Å². The average molecular weight is 270 g/mol. The molecule has 0 aliphatic heterocycles. The van der Waals surface area contributed by atoms with Crippen LogP contribution in [0.25, 0.3) is 11.0 Å². The second kappa shape index (κ2) is 5.08. The van der Waals surface area contributed by atoms with E-state index in [1.165, 1.54) is 22.9 Å². The number of rotatable bonds is 3. The SMILES string of the molecule is O=C(Cn1nnc2ccccc21)Nc1cccc(F)c1. The molecule has 0 saturated carbocycles. The highest BCUT2D eigenvalue weighted by molar-refractivity contribution is 5.91. The standard InChI is InChI=1S/C14H11FN4O/c15-10-4-3-5-11(8-10)16-14(20)9-19-13-7-2-1-6-12(13)17-18-19/h1-8H,9H2,(H,16,20). The molecule has 3 rings (SSSR count). The maximum Gasteiger partial charge on any atom is 0.246 e. The summed E-state index contributed by atoms with van der Waals surface area (Å²) in [7, 11) is 0. The zero-order valence-corrected chi connectivity index (χ0v) is 10.5. The molecule has 0 radical (unpaired) electrons. The summed E-state index contributed by atoms with van der Waals surface area (Å²) in [5.74, 6) is -0.680. The number of carbonyl (C=O) groups excluding carboxylic acids is 1. The molecule has 0 spiro atoms. The molecule has 6 heteroatoms. The zero-order valence-electron chi connectivity index (χ0n) is 10.5. The Hall–Kier alpha value is -2.76. The van der Waals surface area contributed by atoms with Crippen LogP contribution < -0.4 is 5.32 Å². The van der Waals surface area contributed by atoms with E-state index in [4.69, 9.17) is 0 Å². The first kappa shape index (κ1) is 12.3. The number of fused-ring (bicyclic) bond motifs is 1. The lowest BCUT2D eigenvalue weighted by Crippen LogP contribution is -2.19. The summed E-state index contributed by atoms with van der Waals surface area (Å²) in [4.78, 5) is 11.9. The fourth-order valence-electron chi connectivity index (χ4n) is 1.94. The highest BCUT2D eigenvalue weighted by Gasteiger charge is 2.08. The topological polar surface area (TPSA) is 59.8 Å². The van der Waals surface area contributed by atoms with E-state index in [-0.39, 0.29) is 12.5 Å². The van der Waals surface area contributed by atoms with Crippen molar-refractivity contribution in [2.75, 3.05) is 5.32 Å². The van der Waals surface area contributed by atoms with Crippen LogP contribution >= 0.6 is 0 Å². The van der Waals surface area contributed by atoms with Crippen molar-refractivity contribution >= 4 is 22.6 Å². The Morgan fingerprint density at radius 2 is 2.05 bits per heavy atom. The van der Waals surface area contributed by atoms with E-state index >= 15 is 0 Å². The van der Waals surface area contributed by atoms with E-state index in [1.807, 2.05) is 24.3 Å². The van der Waals surface area contributed by atoms with Crippen molar-refractivity contribution in [3.8, 4) is 0 Å². The predicted octanol–water partition coefficient (Wildman–Crippen LogP) is 2.21. The van der Waals surface area contributed by atoms with Gasteiger partial charge in [0.05, 0.1) is 5.52 Å². The van der Waals surface area contributed by atoms with Crippen LogP contribution in [0.2, 0.25) is 0 Å². The number of hydrogen-bond acceptors (Lipinski definition) is 3. The third-order valence-electron chi connectivity index (χ3n) is 2.82. The van der Waals surface area contributed by atoms with Crippen LogP contribution in [0.5, 0.6) is 0 Å². The van der Waals surface area contributed by atoms with Crippen LogP contribution in [0.1, 0.15) is 0 Å². The van der Waals surface area contributed by atoms with Crippen LogP contribution in [0.4, 0.5) is 10.1 Å². The van der Waals surface area contributed by atoms with Crippen molar-refractivity contribution in [2.45, 2.75) is 6.54 Å². The molecular weight excluding hydrogens is 259 g/mol. The highest BCUT2D eigenvalue weighted by Crippen LogP contribution is 2.11. The third kappa shape index (κ3) is 2.49. The van der Waals surface area contributed by atoms with Gasteiger partial charge in [0, 0.05) is 5.69 Å². The Labute approximate surface area is 114 Å². The molecule has 1 N–H and O–H groups in total. The van der Waals surface area contributed by atoms with Crippen LogP contribution in [-0.2, 0) is 11.3 Å².